The van der Waals surface area contributed by atoms with E-state index in [9.17, 15) is 13.2 Å². The smallest absolute Gasteiger partial charge is 0.352 e. The Morgan fingerprint density at radius 2 is 1.88 bits per heavy atom. The Bertz CT molecular complexity index is 767. The molecule has 25 heavy (non-hydrogen) atoms. The van der Waals surface area contributed by atoms with Gasteiger partial charge in [-0.25, -0.2) is 4.98 Å². The van der Waals surface area contributed by atoms with Crippen molar-refractivity contribution in [2.45, 2.75) is 51.7 Å². The molecular formula is C18H21F3N4. The maximum atomic E-state index is 13.1. The van der Waals surface area contributed by atoms with Gasteiger partial charge in [0.2, 0.25) is 5.95 Å². The standard InChI is InChI=1S/C18H21F3N4/c1-10(2)22-17-24-15(12-7-8-12)9-16(25-17)23-14-6-4-5-13(11(14)3)18(19,20)21/h4-6,9-10,12H,7-8H2,1-3H3,(H2,22,23,24,25). The highest BCUT2D eigenvalue weighted by Crippen LogP contribution is 2.40. The van der Waals surface area contributed by atoms with Gasteiger partial charge in [0.1, 0.15) is 5.82 Å². The molecule has 0 unspecified atom stereocenters. The van der Waals surface area contributed by atoms with Crippen LogP contribution in [-0.2, 0) is 6.18 Å². The van der Waals surface area contributed by atoms with E-state index in [1.165, 1.54) is 13.0 Å². The molecule has 2 aromatic rings. The minimum atomic E-state index is -4.38. The highest BCUT2D eigenvalue weighted by Gasteiger charge is 2.33. The second-order valence-electron chi connectivity index (χ2n) is 6.68. The second-order valence-corrected chi connectivity index (χ2v) is 6.68. The Labute approximate surface area is 144 Å². The van der Waals surface area contributed by atoms with Crippen LogP contribution in [0.25, 0.3) is 0 Å². The van der Waals surface area contributed by atoms with Crippen molar-refractivity contribution >= 4 is 17.5 Å². The molecule has 1 saturated carbocycles. The molecule has 1 aliphatic rings. The average molecular weight is 350 g/mol. The number of rotatable bonds is 5. The molecule has 0 aliphatic heterocycles. The van der Waals surface area contributed by atoms with E-state index in [4.69, 9.17) is 0 Å². The number of halogens is 3. The Morgan fingerprint density at radius 3 is 2.48 bits per heavy atom. The maximum Gasteiger partial charge on any atom is 0.416 e. The summed E-state index contributed by atoms with van der Waals surface area (Å²) in [5, 5.41) is 6.19. The van der Waals surface area contributed by atoms with E-state index in [0.717, 1.165) is 24.6 Å². The number of alkyl halides is 3. The number of nitrogens with one attached hydrogen (secondary N) is 2. The van der Waals surface area contributed by atoms with Crippen LogP contribution in [-0.4, -0.2) is 16.0 Å². The van der Waals surface area contributed by atoms with E-state index < -0.39 is 11.7 Å². The van der Waals surface area contributed by atoms with Gasteiger partial charge in [-0.05, 0) is 51.3 Å². The molecule has 4 nitrogen and oxygen atoms in total. The lowest BCUT2D eigenvalue weighted by Crippen LogP contribution is -2.14. The van der Waals surface area contributed by atoms with Gasteiger partial charge in [0.25, 0.3) is 0 Å². The number of hydrogen-bond acceptors (Lipinski definition) is 4. The van der Waals surface area contributed by atoms with Gasteiger partial charge >= 0.3 is 6.18 Å². The van der Waals surface area contributed by atoms with Crippen molar-refractivity contribution in [2.75, 3.05) is 10.6 Å². The molecule has 0 spiro atoms. The van der Waals surface area contributed by atoms with Crippen LogP contribution in [0.15, 0.2) is 24.3 Å². The minimum Gasteiger partial charge on any atom is -0.352 e. The first-order valence-electron chi connectivity index (χ1n) is 8.33. The van der Waals surface area contributed by atoms with Gasteiger partial charge in [0, 0.05) is 23.7 Å². The van der Waals surface area contributed by atoms with Crippen molar-refractivity contribution < 1.29 is 13.2 Å². The van der Waals surface area contributed by atoms with Crippen LogP contribution in [0.1, 0.15) is 49.4 Å². The topological polar surface area (TPSA) is 49.8 Å². The monoisotopic (exact) mass is 350 g/mol. The van der Waals surface area contributed by atoms with Gasteiger partial charge in [-0.15, -0.1) is 0 Å². The third-order valence-electron chi connectivity index (χ3n) is 4.06. The number of benzene rings is 1. The third kappa shape index (κ3) is 4.21. The SMILES string of the molecule is Cc1c(Nc2cc(C3CC3)nc(NC(C)C)n2)cccc1C(F)(F)F. The zero-order chi connectivity index (χ0) is 18.2. The molecule has 1 heterocycles. The Hall–Kier alpha value is -2.31. The Balaban J connectivity index is 1.93. The van der Waals surface area contributed by atoms with Crippen molar-refractivity contribution in [1.29, 1.82) is 0 Å². The first-order chi connectivity index (χ1) is 11.7. The lowest BCUT2D eigenvalue weighted by atomic mass is 10.1. The number of anilines is 3. The molecule has 0 amide bonds. The van der Waals surface area contributed by atoms with Gasteiger partial charge in [-0.1, -0.05) is 6.07 Å². The van der Waals surface area contributed by atoms with E-state index in [1.54, 1.807) is 6.07 Å². The molecule has 0 bridgehead atoms. The van der Waals surface area contributed by atoms with Crippen LogP contribution in [0.5, 0.6) is 0 Å². The summed E-state index contributed by atoms with van der Waals surface area (Å²) in [4.78, 5) is 8.91. The zero-order valence-corrected chi connectivity index (χ0v) is 14.4. The summed E-state index contributed by atoms with van der Waals surface area (Å²) in [6, 6.07) is 6.09. The fraction of sp³-hybridized carbons (Fsp3) is 0.444. The summed E-state index contributed by atoms with van der Waals surface area (Å²) in [7, 11) is 0. The van der Waals surface area contributed by atoms with Crippen molar-refractivity contribution in [2.24, 2.45) is 0 Å². The number of hydrogen-bond donors (Lipinski definition) is 2. The summed E-state index contributed by atoms with van der Waals surface area (Å²) in [5.41, 5.74) is 0.825. The van der Waals surface area contributed by atoms with Gasteiger partial charge in [-0.2, -0.15) is 18.2 Å². The minimum absolute atomic E-state index is 0.153. The van der Waals surface area contributed by atoms with Crippen LogP contribution in [0, 0.1) is 6.92 Å². The van der Waals surface area contributed by atoms with Crippen LogP contribution < -0.4 is 10.6 Å². The van der Waals surface area contributed by atoms with E-state index in [2.05, 4.69) is 20.6 Å². The molecule has 134 valence electrons. The van der Waals surface area contributed by atoms with Gasteiger partial charge in [0.15, 0.2) is 0 Å². The molecule has 0 atom stereocenters. The van der Waals surface area contributed by atoms with E-state index in [-0.39, 0.29) is 11.6 Å². The summed E-state index contributed by atoms with van der Waals surface area (Å²) in [5.74, 6) is 1.41. The highest BCUT2D eigenvalue weighted by atomic mass is 19.4. The van der Waals surface area contributed by atoms with Crippen molar-refractivity contribution in [3.63, 3.8) is 0 Å². The third-order valence-corrected chi connectivity index (χ3v) is 4.06. The summed E-state index contributed by atoms with van der Waals surface area (Å²) in [6.07, 6.45) is -2.21. The normalized spacial score (nSPS) is 14.7. The predicted molar refractivity (Wildman–Crippen MR) is 92.2 cm³/mol. The van der Waals surface area contributed by atoms with Gasteiger partial charge in [0.05, 0.1) is 11.3 Å². The summed E-state index contributed by atoms with van der Waals surface area (Å²) in [6.45, 7) is 5.43. The average Bonchev–Trinajstić information content (AvgIpc) is 3.32. The summed E-state index contributed by atoms with van der Waals surface area (Å²) < 4.78 is 39.3. The Morgan fingerprint density at radius 1 is 1.16 bits per heavy atom. The van der Waals surface area contributed by atoms with Gasteiger partial charge in [-0.3, -0.25) is 0 Å². The quantitative estimate of drug-likeness (QED) is 0.774. The van der Waals surface area contributed by atoms with E-state index >= 15 is 0 Å². The van der Waals surface area contributed by atoms with Gasteiger partial charge < -0.3 is 10.6 Å². The fourth-order valence-corrected chi connectivity index (χ4v) is 2.66. The maximum absolute atomic E-state index is 13.1. The first kappa shape index (κ1) is 17.5. The highest BCUT2D eigenvalue weighted by molar-refractivity contribution is 5.63. The molecule has 7 heteroatoms. The predicted octanol–water partition coefficient (Wildman–Crippen LogP) is 5.25. The van der Waals surface area contributed by atoms with Crippen LogP contribution in [0.3, 0.4) is 0 Å². The molecular weight excluding hydrogens is 329 g/mol. The largest absolute Gasteiger partial charge is 0.416 e. The summed E-state index contributed by atoms with van der Waals surface area (Å²) >= 11 is 0. The molecule has 3 rings (SSSR count). The van der Waals surface area contributed by atoms with E-state index in [1.807, 2.05) is 19.9 Å². The Kier molecular flexibility index (Phi) is 4.58. The van der Waals surface area contributed by atoms with E-state index in [0.29, 0.717) is 23.4 Å². The molecule has 1 aromatic carbocycles. The molecule has 0 saturated heterocycles. The lowest BCUT2D eigenvalue weighted by Gasteiger charge is -2.16. The zero-order valence-electron chi connectivity index (χ0n) is 14.4. The molecule has 0 radical (unpaired) electrons. The first-order valence-corrected chi connectivity index (χ1v) is 8.33. The second kappa shape index (κ2) is 6.54. The van der Waals surface area contributed by atoms with Crippen molar-refractivity contribution in [1.82, 2.24) is 9.97 Å². The molecule has 1 fully saturated rings. The van der Waals surface area contributed by atoms with Crippen LogP contribution in [0.2, 0.25) is 0 Å². The lowest BCUT2D eigenvalue weighted by molar-refractivity contribution is -0.138. The van der Waals surface area contributed by atoms with Crippen molar-refractivity contribution in [3.05, 3.63) is 41.1 Å². The molecule has 2 N–H and O–H groups in total. The van der Waals surface area contributed by atoms with Crippen LogP contribution >= 0.6 is 0 Å². The molecule has 1 aromatic heterocycles. The fourth-order valence-electron chi connectivity index (χ4n) is 2.66. The number of nitrogens with zero attached hydrogens (tertiary/aromatic N) is 2. The van der Waals surface area contributed by atoms with Crippen molar-refractivity contribution in [3.8, 4) is 0 Å². The van der Waals surface area contributed by atoms with Crippen LogP contribution in [0.4, 0.5) is 30.6 Å². The molecule has 1 aliphatic carbocycles. The number of aromatic nitrogens is 2.